The van der Waals surface area contributed by atoms with Gasteiger partial charge < -0.3 is 14.9 Å². The maximum absolute atomic E-state index is 12.1. The molecule has 0 amide bonds. The van der Waals surface area contributed by atoms with Crippen molar-refractivity contribution in [2.75, 3.05) is 12.4 Å². The molecule has 0 bridgehead atoms. The molecule has 0 saturated carbocycles. The van der Waals surface area contributed by atoms with E-state index < -0.39 is 11.7 Å². The number of aliphatic hydroxyl groups is 1. The highest BCUT2D eigenvalue weighted by Crippen LogP contribution is 2.19. The molecule has 2 aromatic heterocycles. The lowest BCUT2D eigenvalue weighted by atomic mass is 10.1. The lowest BCUT2D eigenvalue weighted by Crippen LogP contribution is -2.24. The first-order chi connectivity index (χ1) is 12.5. The van der Waals surface area contributed by atoms with Crippen molar-refractivity contribution in [3.8, 4) is 0 Å². The molecule has 1 aromatic carbocycles. The van der Waals surface area contributed by atoms with Crippen molar-refractivity contribution in [1.82, 2.24) is 19.9 Å². The van der Waals surface area contributed by atoms with Gasteiger partial charge in [0.1, 0.15) is 11.6 Å². The quantitative estimate of drug-likeness (QED) is 0.659. The predicted octanol–water partition coefficient (Wildman–Crippen LogP) is 2.30. The SMILES string of the molecule is CNc1cnn(Cc2nc(C[C@H](O)c3ccc(Cl)cc3)no2)c(=O)c1Cl. The van der Waals surface area contributed by atoms with Gasteiger partial charge in [0, 0.05) is 18.5 Å². The van der Waals surface area contributed by atoms with Gasteiger partial charge >= 0.3 is 0 Å². The van der Waals surface area contributed by atoms with Crippen molar-refractivity contribution in [3.05, 3.63) is 68.1 Å². The zero-order valence-corrected chi connectivity index (χ0v) is 15.2. The summed E-state index contributed by atoms with van der Waals surface area (Å²) in [6.45, 7) is -0.0212. The van der Waals surface area contributed by atoms with E-state index in [1.54, 1.807) is 31.3 Å². The number of halogens is 2. The topological polar surface area (TPSA) is 106 Å². The normalized spacial score (nSPS) is 12.2. The minimum atomic E-state index is -0.803. The third kappa shape index (κ3) is 4.04. The second-order valence-electron chi connectivity index (χ2n) is 5.46. The molecule has 136 valence electrons. The van der Waals surface area contributed by atoms with Crippen LogP contribution in [0.2, 0.25) is 10.0 Å². The van der Waals surface area contributed by atoms with E-state index in [0.29, 0.717) is 22.1 Å². The Morgan fingerprint density at radius 3 is 2.73 bits per heavy atom. The van der Waals surface area contributed by atoms with E-state index in [0.717, 1.165) is 4.68 Å². The zero-order valence-electron chi connectivity index (χ0n) is 13.7. The van der Waals surface area contributed by atoms with E-state index in [9.17, 15) is 9.90 Å². The molecule has 1 atom stereocenters. The Morgan fingerprint density at radius 1 is 1.31 bits per heavy atom. The molecule has 0 aliphatic rings. The van der Waals surface area contributed by atoms with E-state index in [4.69, 9.17) is 27.7 Å². The molecule has 2 heterocycles. The number of rotatable bonds is 6. The zero-order chi connectivity index (χ0) is 18.7. The van der Waals surface area contributed by atoms with Crippen molar-refractivity contribution >= 4 is 28.9 Å². The average molecular weight is 396 g/mol. The molecule has 0 radical (unpaired) electrons. The summed E-state index contributed by atoms with van der Waals surface area (Å²) in [5.74, 6) is 0.500. The minimum absolute atomic E-state index is 0.0212. The molecule has 0 spiro atoms. The van der Waals surface area contributed by atoms with Crippen molar-refractivity contribution in [2.24, 2.45) is 0 Å². The van der Waals surface area contributed by atoms with Gasteiger partial charge in [-0.2, -0.15) is 10.1 Å². The van der Waals surface area contributed by atoms with Crippen LogP contribution in [0.15, 0.2) is 39.8 Å². The summed E-state index contributed by atoms with van der Waals surface area (Å²) in [4.78, 5) is 16.3. The first kappa shape index (κ1) is 18.4. The maximum atomic E-state index is 12.1. The van der Waals surface area contributed by atoms with Crippen LogP contribution in [0.1, 0.15) is 23.4 Å². The summed E-state index contributed by atoms with van der Waals surface area (Å²) in [6, 6.07) is 6.84. The maximum Gasteiger partial charge on any atom is 0.288 e. The monoisotopic (exact) mass is 395 g/mol. The first-order valence-electron chi connectivity index (χ1n) is 7.66. The second kappa shape index (κ2) is 7.86. The van der Waals surface area contributed by atoms with E-state index >= 15 is 0 Å². The molecule has 0 saturated heterocycles. The molecule has 10 heteroatoms. The van der Waals surface area contributed by atoms with Crippen LogP contribution in [0.25, 0.3) is 0 Å². The second-order valence-corrected chi connectivity index (χ2v) is 6.28. The highest BCUT2D eigenvalue weighted by Gasteiger charge is 2.16. The van der Waals surface area contributed by atoms with Gasteiger partial charge in [0.2, 0.25) is 5.89 Å². The fourth-order valence-electron chi connectivity index (χ4n) is 2.29. The molecule has 2 N–H and O–H groups in total. The summed E-state index contributed by atoms with van der Waals surface area (Å²) in [5, 5.41) is 21.5. The molecule has 8 nitrogen and oxygen atoms in total. The van der Waals surface area contributed by atoms with Crippen LogP contribution in [-0.4, -0.2) is 32.1 Å². The van der Waals surface area contributed by atoms with Gasteiger partial charge in [0.15, 0.2) is 5.82 Å². The minimum Gasteiger partial charge on any atom is -0.388 e. The molecule has 0 fully saturated rings. The van der Waals surface area contributed by atoms with Crippen LogP contribution >= 0.6 is 23.2 Å². The summed E-state index contributed by atoms with van der Waals surface area (Å²) in [7, 11) is 1.64. The summed E-state index contributed by atoms with van der Waals surface area (Å²) in [6.07, 6.45) is 0.793. The number of aromatic nitrogens is 4. The lowest BCUT2D eigenvalue weighted by molar-refractivity contribution is 0.174. The summed E-state index contributed by atoms with van der Waals surface area (Å²) < 4.78 is 6.25. The number of aliphatic hydroxyl groups excluding tert-OH is 1. The number of nitrogens with one attached hydrogen (secondary N) is 1. The van der Waals surface area contributed by atoms with Crippen molar-refractivity contribution < 1.29 is 9.63 Å². The van der Waals surface area contributed by atoms with Crippen LogP contribution in [0.3, 0.4) is 0 Å². The first-order valence-corrected chi connectivity index (χ1v) is 8.42. The fraction of sp³-hybridized carbons (Fsp3) is 0.250. The van der Waals surface area contributed by atoms with Gasteiger partial charge in [-0.15, -0.1) is 0 Å². The lowest BCUT2D eigenvalue weighted by Gasteiger charge is -2.08. The summed E-state index contributed by atoms with van der Waals surface area (Å²) >= 11 is 11.8. The third-order valence-corrected chi connectivity index (χ3v) is 4.30. The Labute approximate surface area is 158 Å². The molecule has 0 unspecified atom stereocenters. The largest absolute Gasteiger partial charge is 0.388 e. The van der Waals surface area contributed by atoms with Gasteiger partial charge in [-0.1, -0.05) is 40.5 Å². The van der Waals surface area contributed by atoms with Crippen LogP contribution in [0.5, 0.6) is 0 Å². The molecular formula is C16H15Cl2N5O3. The predicted molar refractivity (Wildman–Crippen MR) is 96.6 cm³/mol. The fourth-order valence-corrected chi connectivity index (χ4v) is 2.66. The number of hydrogen-bond acceptors (Lipinski definition) is 7. The van der Waals surface area contributed by atoms with Gasteiger partial charge in [-0.25, -0.2) is 4.68 Å². The van der Waals surface area contributed by atoms with Crippen LogP contribution < -0.4 is 10.9 Å². The van der Waals surface area contributed by atoms with E-state index in [1.807, 2.05) is 0 Å². The summed E-state index contributed by atoms with van der Waals surface area (Å²) in [5.41, 5.74) is 0.651. The highest BCUT2D eigenvalue weighted by atomic mass is 35.5. The van der Waals surface area contributed by atoms with Gasteiger partial charge in [0.05, 0.1) is 18.0 Å². The Bertz CT molecular complexity index is 955. The Morgan fingerprint density at radius 2 is 2.04 bits per heavy atom. The van der Waals surface area contributed by atoms with E-state index in [1.165, 1.54) is 6.20 Å². The molecule has 0 aliphatic carbocycles. The van der Waals surface area contributed by atoms with Gasteiger partial charge in [-0.05, 0) is 17.7 Å². The average Bonchev–Trinajstić information content (AvgIpc) is 3.06. The number of anilines is 1. The number of benzene rings is 1. The molecule has 3 aromatic rings. The molecular weight excluding hydrogens is 381 g/mol. The van der Waals surface area contributed by atoms with Crippen molar-refractivity contribution in [3.63, 3.8) is 0 Å². The van der Waals surface area contributed by atoms with Gasteiger partial charge in [0.25, 0.3) is 5.56 Å². The van der Waals surface area contributed by atoms with Crippen molar-refractivity contribution in [1.29, 1.82) is 0 Å². The van der Waals surface area contributed by atoms with Crippen LogP contribution in [-0.2, 0) is 13.0 Å². The Hall–Kier alpha value is -2.42. The number of nitrogens with zero attached hydrogens (tertiary/aromatic N) is 4. The van der Waals surface area contributed by atoms with E-state index in [-0.39, 0.29) is 23.9 Å². The Kier molecular flexibility index (Phi) is 5.55. The van der Waals surface area contributed by atoms with E-state index in [2.05, 4.69) is 20.6 Å². The number of hydrogen-bond donors (Lipinski definition) is 2. The van der Waals surface area contributed by atoms with Crippen molar-refractivity contribution in [2.45, 2.75) is 19.1 Å². The smallest absolute Gasteiger partial charge is 0.288 e. The van der Waals surface area contributed by atoms with Gasteiger partial charge in [-0.3, -0.25) is 4.79 Å². The third-order valence-electron chi connectivity index (χ3n) is 3.68. The molecule has 0 aliphatic heterocycles. The van der Waals surface area contributed by atoms with Crippen LogP contribution in [0.4, 0.5) is 5.69 Å². The molecule has 26 heavy (non-hydrogen) atoms. The standard InChI is InChI=1S/C16H15Cl2N5O3/c1-19-11-7-20-23(16(25)15(11)18)8-14-21-13(22-26-14)6-12(24)9-2-4-10(17)5-3-9/h2-5,7,12,19,24H,6,8H2,1H3/t12-/m0/s1. The van der Waals surface area contributed by atoms with Crippen LogP contribution in [0, 0.1) is 0 Å². The molecule has 3 rings (SSSR count). The Balaban J connectivity index is 1.71. The highest BCUT2D eigenvalue weighted by molar-refractivity contribution is 6.32.